The maximum atomic E-state index is 12.1. The summed E-state index contributed by atoms with van der Waals surface area (Å²) in [6.07, 6.45) is 4.51. The number of ether oxygens (including phenoxy) is 1. The van der Waals surface area contributed by atoms with Crippen molar-refractivity contribution in [3.8, 4) is 16.9 Å². The normalized spacial score (nSPS) is 19.8. The second kappa shape index (κ2) is 5.13. The SMILES string of the molecule is Cc1ccc(-c2ccc3c(c2)C=C2C(=O)CCCC2O3)cc1. The van der Waals surface area contributed by atoms with Gasteiger partial charge in [0.15, 0.2) is 5.78 Å². The number of aryl methyl sites for hydroxylation is 1. The topological polar surface area (TPSA) is 26.3 Å². The Balaban J connectivity index is 1.76. The number of carbonyl (C=O) groups excluding carboxylic acids is 1. The van der Waals surface area contributed by atoms with Gasteiger partial charge in [0, 0.05) is 17.6 Å². The average molecular weight is 290 g/mol. The fourth-order valence-corrected chi connectivity index (χ4v) is 3.24. The highest BCUT2D eigenvalue weighted by atomic mass is 16.5. The van der Waals surface area contributed by atoms with Crippen molar-refractivity contribution in [3.63, 3.8) is 0 Å². The first-order valence-electron chi connectivity index (χ1n) is 7.83. The van der Waals surface area contributed by atoms with Crippen LogP contribution in [0.5, 0.6) is 5.75 Å². The quantitative estimate of drug-likeness (QED) is 0.769. The first-order valence-corrected chi connectivity index (χ1v) is 7.83. The predicted octanol–water partition coefficient (Wildman–Crippen LogP) is 4.56. The highest BCUT2D eigenvalue weighted by Gasteiger charge is 2.30. The summed E-state index contributed by atoms with van der Waals surface area (Å²) in [5.74, 6) is 1.13. The van der Waals surface area contributed by atoms with Crippen molar-refractivity contribution < 1.29 is 9.53 Å². The molecule has 1 aliphatic heterocycles. The monoisotopic (exact) mass is 290 g/mol. The van der Waals surface area contributed by atoms with Gasteiger partial charge >= 0.3 is 0 Å². The lowest BCUT2D eigenvalue weighted by Gasteiger charge is -2.30. The number of Topliss-reactive ketones (excluding diaryl/α,β-unsaturated/α-hetero) is 1. The summed E-state index contributed by atoms with van der Waals surface area (Å²) in [7, 11) is 0. The van der Waals surface area contributed by atoms with Crippen molar-refractivity contribution in [1.29, 1.82) is 0 Å². The maximum Gasteiger partial charge on any atom is 0.162 e. The highest BCUT2D eigenvalue weighted by molar-refractivity contribution is 6.02. The van der Waals surface area contributed by atoms with E-state index in [4.69, 9.17) is 4.74 Å². The lowest BCUT2D eigenvalue weighted by Crippen LogP contribution is -2.31. The van der Waals surface area contributed by atoms with Gasteiger partial charge in [-0.25, -0.2) is 0 Å². The van der Waals surface area contributed by atoms with Crippen molar-refractivity contribution in [2.24, 2.45) is 0 Å². The molecule has 0 radical (unpaired) electrons. The number of carbonyl (C=O) groups is 1. The van der Waals surface area contributed by atoms with Gasteiger partial charge in [0.25, 0.3) is 0 Å². The molecule has 1 saturated carbocycles. The number of hydrogen-bond acceptors (Lipinski definition) is 2. The molecule has 0 bridgehead atoms. The van der Waals surface area contributed by atoms with Gasteiger partial charge < -0.3 is 4.74 Å². The van der Waals surface area contributed by atoms with Crippen molar-refractivity contribution in [3.05, 3.63) is 59.2 Å². The standard InChI is InChI=1S/C20H18O2/c1-13-5-7-14(8-6-13)15-9-10-19-16(11-15)12-17-18(21)3-2-4-20(17)22-19/h5-12,20H,2-4H2,1H3. The van der Waals surface area contributed by atoms with E-state index in [0.717, 1.165) is 35.3 Å². The van der Waals surface area contributed by atoms with E-state index in [1.54, 1.807) is 0 Å². The molecule has 4 rings (SSSR count). The van der Waals surface area contributed by atoms with E-state index in [1.807, 2.05) is 12.1 Å². The molecule has 2 aliphatic rings. The Bertz CT molecular complexity index is 769. The first kappa shape index (κ1) is 13.3. The zero-order valence-electron chi connectivity index (χ0n) is 12.6. The van der Waals surface area contributed by atoms with E-state index < -0.39 is 0 Å². The Morgan fingerprint density at radius 1 is 1.05 bits per heavy atom. The zero-order valence-corrected chi connectivity index (χ0v) is 12.6. The van der Waals surface area contributed by atoms with Crippen LogP contribution in [-0.4, -0.2) is 11.9 Å². The molecule has 0 spiro atoms. The second-order valence-electron chi connectivity index (χ2n) is 6.14. The minimum atomic E-state index is -0.0426. The van der Waals surface area contributed by atoms with Gasteiger partial charge in [-0.05, 0) is 49.1 Å². The molecule has 0 aromatic heterocycles. The third-order valence-corrected chi connectivity index (χ3v) is 4.51. The van der Waals surface area contributed by atoms with Crippen LogP contribution in [0.4, 0.5) is 0 Å². The van der Waals surface area contributed by atoms with Crippen LogP contribution in [0.2, 0.25) is 0 Å². The van der Waals surface area contributed by atoms with Crippen molar-refractivity contribution >= 4 is 11.9 Å². The van der Waals surface area contributed by atoms with Crippen LogP contribution in [-0.2, 0) is 4.79 Å². The molecule has 0 saturated heterocycles. The molecule has 1 aliphatic carbocycles. The van der Waals surface area contributed by atoms with E-state index in [2.05, 4.69) is 43.3 Å². The van der Waals surface area contributed by atoms with Crippen molar-refractivity contribution in [1.82, 2.24) is 0 Å². The Labute approximate surface area is 130 Å². The molecule has 1 fully saturated rings. The summed E-state index contributed by atoms with van der Waals surface area (Å²) in [6, 6.07) is 14.7. The zero-order chi connectivity index (χ0) is 15.1. The predicted molar refractivity (Wildman–Crippen MR) is 87.9 cm³/mol. The molecular formula is C20H18O2. The Morgan fingerprint density at radius 3 is 2.64 bits per heavy atom. The molecule has 0 amide bonds. The average Bonchev–Trinajstić information content (AvgIpc) is 2.54. The van der Waals surface area contributed by atoms with Gasteiger partial charge in [0.05, 0.1) is 0 Å². The fourth-order valence-electron chi connectivity index (χ4n) is 3.24. The van der Waals surface area contributed by atoms with Gasteiger partial charge in [0.1, 0.15) is 11.9 Å². The molecule has 2 aromatic rings. The van der Waals surface area contributed by atoms with Gasteiger partial charge in [-0.15, -0.1) is 0 Å². The van der Waals surface area contributed by atoms with Crippen LogP contribution in [0.15, 0.2) is 48.0 Å². The maximum absolute atomic E-state index is 12.1. The van der Waals surface area contributed by atoms with Crippen molar-refractivity contribution in [2.45, 2.75) is 32.3 Å². The highest BCUT2D eigenvalue weighted by Crippen LogP contribution is 2.37. The smallest absolute Gasteiger partial charge is 0.162 e. The van der Waals surface area contributed by atoms with Gasteiger partial charge in [-0.2, -0.15) is 0 Å². The van der Waals surface area contributed by atoms with Crippen LogP contribution in [0.25, 0.3) is 17.2 Å². The minimum Gasteiger partial charge on any atom is -0.485 e. The van der Waals surface area contributed by atoms with E-state index in [1.165, 1.54) is 11.1 Å². The number of fused-ring (bicyclic) bond motifs is 2. The summed E-state index contributed by atoms with van der Waals surface area (Å²) >= 11 is 0. The summed E-state index contributed by atoms with van der Waals surface area (Å²) < 4.78 is 6.03. The number of rotatable bonds is 1. The largest absolute Gasteiger partial charge is 0.485 e. The van der Waals surface area contributed by atoms with E-state index in [-0.39, 0.29) is 11.9 Å². The molecule has 2 nitrogen and oxygen atoms in total. The van der Waals surface area contributed by atoms with Gasteiger partial charge in [-0.3, -0.25) is 4.79 Å². The Kier molecular flexibility index (Phi) is 3.11. The van der Waals surface area contributed by atoms with Crippen LogP contribution >= 0.6 is 0 Å². The van der Waals surface area contributed by atoms with Gasteiger partial charge in [-0.1, -0.05) is 35.9 Å². The van der Waals surface area contributed by atoms with E-state index in [9.17, 15) is 4.79 Å². The minimum absolute atomic E-state index is 0.0426. The number of hydrogen-bond donors (Lipinski definition) is 0. The Hall–Kier alpha value is -2.35. The second-order valence-corrected chi connectivity index (χ2v) is 6.14. The lowest BCUT2D eigenvalue weighted by molar-refractivity contribution is -0.117. The van der Waals surface area contributed by atoms with Crippen LogP contribution in [0.1, 0.15) is 30.4 Å². The molecular weight excluding hydrogens is 272 g/mol. The summed E-state index contributed by atoms with van der Waals surface area (Å²) in [5, 5.41) is 0. The molecule has 1 heterocycles. The molecule has 1 atom stereocenters. The molecule has 22 heavy (non-hydrogen) atoms. The van der Waals surface area contributed by atoms with Crippen LogP contribution in [0.3, 0.4) is 0 Å². The van der Waals surface area contributed by atoms with Crippen LogP contribution < -0.4 is 4.74 Å². The number of benzene rings is 2. The molecule has 2 heteroatoms. The number of ketones is 1. The first-order chi connectivity index (χ1) is 10.7. The summed E-state index contributed by atoms with van der Waals surface area (Å²) in [4.78, 5) is 12.1. The van der Waals surface area contributed by atoms with Gasteiger partial charge in [0.2, 0.25) is 0 Å². The Morgan fingerprint density at radius 2 is 1.82 bits per heavy atom. The van der Waals surface area contributed by atoms with Crippen molar-refractivity contribution in [2.75, 3.05) is 0 Å². The molecule has 2 aromatic carbocycles. The third kappa shape index (κ3) is 2.25. The van der Waals surface area contributed by atoms with Crippen LogP contribution in [0, 0.1) is 6.92 Å². The summed E-state index contributed by atoms with van der Waals surface area (Å²) in [6.45, 7) is 2.09. The fraction of sp³-hybridized carbons (Fsp3) is 0.250. The third-order valence-electron chi connectivity index (χ3n) is 4.51. The lowest BCUT2D eigenvalue weighted by atomic mass is 9.87. The van der Waals surface area contributed by atoms with E-state index >= 15 is 0 Å². The molecule has 1 unspecified atom stereocenters. The van der Waals surface area contributed by atoms with E-state index in [0.29, 0.717) is 6.42 Å². The molecule has 110 valence electrons. The molecule has 0 N–H and O–H groups in total. The summed E-state index contributed by atoms with van der Waals surface area (Å²) in [5.41, 5.74) is 5.45.